The molecule has 2 nitrogen and oxygen atoms in total. The first-order valence-corrected chi connectivity index (χ1v) is 6.72. The Kier molecular flexibility index (Phi) is 4.36. The van der Waals surface area contributed by atoms with Gasteiger partial charge in [-0.1, -0.05) is 42.5 Å². The lowest BCUT2D eigenvalue weighted by Crippen LogP contribution is -2.01. The molecule has 0 atom stereocenters. The second-order valence-electron chi connectivity index (χ2n) is 3.95. The Labute approximate surface area is 120 Å². The molecular formula is C15H13IO2. The number of ketones is 1. The summed E-state index contributed by atoms with van der Waals surface area (Å²) in [5.74, 6) is 0.816. The van der Waals surface area contributed by atoms with Crippen LogP contribution in [0.25, 0.3) is 0 Å². The second-order valence-corrected chi connectivity index (χ2v) is 5.03. The molecule has 0 saturated heterocycles. The number of hydrogen-bond acceptors (Lipinski definition) is 2. The fourth-order valence-corrected chi connectivity index (χ4v) is 2.52. The van der Waals surface area contributed by atoms with Gasteiger partial charge in [-0.2, -0.15) is 0 Å². The molecule has 0 aromatic heterocycles. The van der Waals surface area contributed by atoms with Crippen molar-refractivity contribution in [3.8, 4) is 5.75 Å². The zero-order chi connectivity index (χ0) is 13.0. The van der Waals surface area contributed by atoms with Crippen LogP contribution in [0, 0.1) is 3.57 Å². The average molecular weight is 352 g/mol. The molecule has 2 rings (SSSR count). The van der Waals surface area contributed by atoms with Gasteiger partial charge in [0.1, 0.15) is 12.4 Å². The third-order valence-corrected chi connectivity index (χ3v) is 3.69. The first kappa shape index (κ1) is 13.1. The smallest absolute Gasteiger partial charge is 0.161 e. The molecule has 18 heavy (non-hydrogen) atoms. The molecule has 0 aliphatic rings. The van der Waals surface area contributed by atoms with Gasteiger partial charge in [0.25, 0.3) is 0 Å². The lowest BCUT2D eigenvalue weighted by Gasteiger charge is -2.10. The van der Waals surface area contributed by atoms with Crippen molar-refractivity contribution in [1.29, 1.82) is 0 Å². The van der Waals surface area contributed by atoms with Crippen molar-refractivity contribution >= 4 is 28.4 Å². The minimum Gasteiger partial charge on any atom is -0.488 e. The van der Waals surface area contributed by atoms with E-state index in [4.69, 9.17) is 4.74 Å². The van der Waals surface area contributed by atoms with Gasteiger partial charge >= 0.3 is 0 Å². The molecule has 0 saturated carbocycles. The number of carbonyl (C=O) groups excluding carboxylic acids is 1. The van der Waals surface area contributed by atoms with Crippen LogP contribution in [0.3, 0.4) is 0 Å². The summed E-state index contributed by atoms with van der Waals surface area (Å²) >= 11 is 2.15. The summed E-state index contributed by atoms with van der Waals surface area (Å²) in [4.78, 5) is 11.4. The van der Waals surface area contributed by atoms with E-state index in [9.17, 15) is 4.79 Å². The molecule has 0 heterocycles. The fraction of sp³-hybridized carbons (Fsp3) is 0.133. The minimum absolute atomic E-state index is 0.0598. The molecule has 0 amide bonds. The van der Waals surface area contributed by atoms with Crippen molar-refractivity contribution in [2.24, 2.45) is 0 Å². The van der Waals surface area contributed by atoms with Crippen LogP contribution in [-0.2, 0) is 6.61 Å². The number of hydrogen-bond donors (Lipinski definition) is 0. The summed E-state index contributed by atoms with van der Waals surface area (Å²) in [7, 11) is 0. The molecule has 0 radical (unpaired) electrons. The standard InChI is InChI=1S/C15H13IO2/c1-11(17)13-8-5-9-14(15(13)16)18-10-12-6-3-2-4-7-12/h2-9H,10H2,1H3. The Morgan fingerprint density at radius 2 is 1.83 bits per heavy atom. The first-order valence-electron chi connectivity index (χ1n) is 5.64. The topological polar surface area (TPSA) is 26.3 Å². The van der Waals surface area contributed by atoms with E-state index in [1.54, 1.807) is 6.92 Å². The van der Waals surface area contributed by atoms with Crippen LogP contribution < -0.4 is 4.74 Å². The van der Waals surface area contributed by atoms with Gasteiger partial charge in [0.2, 0.25) is 0 Å². The van der Waals surface area contributed by atoms with Crippen LogP contribution in [0.5, 0.6) is 5.75 Å². The normalized spacial score (nSPS) is 10.1. The Morgan fingerprint density at radius 3 is 2.50 bits per heavy atom. The van der Waals surface area contributed by atoms with Gasteiger partial charge in [-0.15, -0.1) is 0 Å². The zero-order valence-corrected chi connectivity index (χ0v) is 12.2. The van der Waals surface area contributed by atoms with Gasteiger partial charge in [0.05, 0.1) is 3.57 Å². The third kappa shape index (κ3) is 3.10. The summed E-state index contributed by atoms with van der Waals surface area (Å²) in [6.07, 6.45) is 0. The van der Waals surface area contributed by atoms with Crippen molar-refractivity contribution in [1.82, 2.24) is 0 Å². The van der Waals surface area contributed by atoms with E-state index in [1.165, 1.54) is 0 Å². The number of benzene rings is 2. The highest BCUT2D eigenvalue weighted by atomic mass is 127. The maximum atomic E-state index is 11.4. The summed E-state index contributed by atoms with van der Waals surface area (Å²) in [6, 6.07) is 15.5. The summed E-state index contributed by atoms with van der Waals surface area (Å²) < 4.78 is 6.63. The summed E-state index contributed by atoms with van der Waals surface area (Å²) in [6.45, 7) is 2.08. The minimum atomic E-state index is 0.0598. The lowest BCUT2D eigenvalue weighted by atomic mass is 10.1. The summed E-state index contributed by atoms with van der Waals surface area (Å²) in [5, 5.41) is 0. The molecule has 0 bridgehead atoms. The largest absolute Gasteiger partial charge is 0.488 e. The molecule has 2 aromatic carbocycles. The molecule has 0 aliphatic heterocycles. The van der Waals surface area contributed by atoms with E-state index >= 15 is 0 Å². The van der Waals surface area contributed by atoms with Gasteiger partial charge < -0.3 is 4.74 Å². The number of ether oxygens (including phenoxy) is 1. The maximum absolute atomic E-state index is 11.4. The highest BCUT2D eigenvalue weighted by Gasteiger charge is 2.09. The Balaban J connectivity index is 2.15. The lowest BCUT2D eigenvalue weighted by molar-refractivity contribution is 0.101. The predicted octanol–water partition coefficient (Wildman–Crippen LogP) is 4.07. The van der Waals surface area contributed by atoms with E-state index in [1.807, 2.05) is 48.5 Å². The SMILES string of the molecule is CC(=O)c1cccc(OCc2ccccc2)c1I. The van der Waals surface area contributed by atoms with E-state index in [2.05, 4.69) is 22.6 Å². The Morgan fingerprint density at radius 1 is 1.11 bits per heavy atom. The molecule has 0 aliphatic carbocycles. The van der Waals surface area contributed by atoms with E-state index in [0.29, 0.717) is 12.2 Å². The molecule has 3 heteroatoms. The quantitative estimate of drug-likeness (QED) is 0.613. The number of carbonyl (C=O) groups is 1. The van der Waals surface area contributed by atoms with Gasteiger partial charge in [0, 0.05) is 5.56 Å². The third-order valence-electron chi connectivity index (χ3n) is 2.58. The molecule has 0 fully saturated rings. The molecular weight excluding hydrogens is 339 g/mol. The van der Waals surface area contributed by atoms with E-state index in [0.717, 1.165) is 14.9 Å². The first-order chi connectivity index (χ1) is 8.68. The summed E-state index contributed by atoms with van der Waals surface area (Å²) in [5.41, 5.74) is 1.82. The molecule has 92 valence electrons. The van der Waals surface area contributed by atoms with Crippen LogP contribution in [-0.4, -0.2) is 5.78 Å². The fourth-order valence-electron chi connectivity index (χ4n) is 1.63. The predicted molar refractivity (Wildman–Crippen MR) is 79.9 cm³/mol. The number of halogens is 1. The van der Waals surface area contributed by atoms with Crippen LogP contribution in [0.4, 0.5) is 0 Å². The molecule has 0 unspecified atom stereocenters. The van der Waals surface area contributed by atoms with Crippen molar-refractivity contribution in [3.63, 3.8) is 0 Å². The van der Waals surface area contributed by atoms with Crippen LogP contribution in [0.1, 0.15) is 22.8 Å². The zero-order valence-electron chi connectivity index (χ0n) is 10.0. The molecule has 0 spiro atoms. The van der Waals surface area contributed by atoms with E-state index in [-0.39, 0.29) is 5.78 Å². The van der Waals surface area contributed by atoms with Crippen LogP contribution >= 0.6 is 22.6 Å². The van der Waals surface area contributed by atoms with Gasteiger partial charge in [0.15, 0.2) is 5.78 Å². The van der Waals surface area contributed by atoms with Crippen molar-refractivity contribution in [2.75, 3.05) is 0 Å². The van der Waals surface area contributed by atoms with Crippen molar-refractivity contribution in [2.45, 2.75) is 13.5 Å². The van der Waals surface area contributed by atoms with Crippen LogP contribution in [0.2, 0.25) is 0 Å². The highest BCUT2D eigenvalue weighted by molar-refractivity contribution is 14.1. The Bertz CT molecular complexity index is 550. The maximum Gasteiger partial charge on any atom is 0.161 e. The Hall–Kier alpha value is -1.36. The van der Waals surface area contributed by atoms with Gasteiger partial charge in [-0.25, -0.2) is 0 Å². The molecule has 0 N–H and O–H groups in total. The highest BCUT2D eigenvalue weighted by Crippen LogP contribution is 2.25. The average Bonchev–Trinajstić information content (AvgIpc) is 2.38. The second kappa shape index (κ2) is 6.00. The van der Waals surface area contributed by atoms with Crippen molar-refractivity contribution < 1.29 is 9.53 Å². The molecule has 2 aromatic rings. The number of Topliss-reactive ketones (excluding diaryl/α,β-unsaturated/α-hetero) is 1. The van der Waals surface area contributed by atoms with E-state index < -0.39 is 0 Å². The van der Waals surface area contributed by atoms with Crippen LogP contribution in [0.15, 0.2) is 48.5 Å². The number of rotatable bonds is 4. The van der Waals surface area contributed by atoms with Gasteiger partial charge in [-0.05, 0) is 41.1 Å². The monoisotopic (exact) mass is 352 g/mol. The van der Waals surface area contributed by atoms with Crippen molar-refractivity contribution in [3.05, 3.63) is 63.2 Å². The van der Waals surface area contributed by atoms with Gasteiger partial charge in [-0.3, -0.25) is 4.79 Å².